The van der Waals surface area contributed by atoms with Crippen LogP contribution < -0.4 is 9.47 Å². The summed E-state index contributed by atoms with van der Waals surface area (Å²) < 4.78 is 25.9. The zero-order valence-corrected chi connectivity index (χ0v) is 17.3. The average Bonchev–Trinajstić information content (AvgIpc) is 2.72. The first-order valence-electron chi connectivity index (χ1n) is 8.52. The summed E-state index contributed by atoms with van der Waals surface area (Å²) in [4.78, 5) is 0. The van der Waals surface area contributed by atoms with Crippen molar-refractivity contribution in [3.63, 3.8) is 0 Å². The Morgan fingerprint density at radius 1 is 1.07 bits per heavy atom. The highest BCUT2D eigenvalue weighted by molar-refractivity contribution is 14.1. The third-order valence-corrected chi connectivity index (χ3v) is 4.78. The molecule has 0 spiro atoms. The minimum Gasteiger partial charge on any atom is -0.493 e. The van der Waals surface area contributed by atoms with Gasteiger partial charge in [0.25, 0.3) is 0 Å². The van der Waals surface area contributed by atoms with Crippen molar-refractivity contribution in [1.82, 2.24) is 0 Å². The van der Waals surface area contributed by atoms with Gasteiger partial charge in [-0.3, -0.25) is 0 Å². The van der Waals surface area contributed by atoms with Crippen molar-refractivity contribution in [2.45, 2.75) is 6.61 Å². The van der Waals surface area contributed by atoms with E-state index in [0.717, 1.165) is 11.1 Å². The Morgan fingerprint density at radius 2 is 1.86 bits per heavy atom. The molecular weight excluding hydrogens is 468 g/mol. The van der Waals surface area contributed by atoms with E-state index in [9.17, 15) is 9.65 Å². The van der Waals surface area contributed by atoms with Crippen LogP contribution in [0.5, 0.6) is 11.5 Å². The highest BCUT2D eigenvalue weighted by atomic mass is 127. The van der Waals surface area contributed by atoms with Crippen LogP contribution in [0.4, 0.5) is 4.39 Å². The largest absolute Gasteiger partial charge is 0.493 e. The Balaban J connectivity index is 1.82. The molecular formula is C23H17FINO2. The van der Waals surface area contributed by atoms with Crippen molar-refractivity contribution < 1.29 is 13.9 Å². The molecule has 0 aliphatic heterocycles. The van der Waals surface area contributed by atoms with E-state index in [-0.39, 0.29) is 5.82 Å². The molecule has 28 heavy (non-hydrogen) atoms. The van der Waals surface area contributed by atoms with Crippen molar-refractivity contribution in [3.8, 4) is 17.6 Å². The van der Waals surface area contributed by atoms with E-state index in [1.165, 1.54) is 15.7 Å². The van der Waals surface area contributed by atoms with Crippen molar-refractivity contribution >= 4 is 34.2 Å². The molecule has 0 heterocycles. The average molecular weight is 485 g/mol. The maximum Gasteiger partial charge on any atom is 0.161 e. The van der Waals surface area contributed by atoms with Crippen LogP contribution in [-0.4, -0.2) is 7.11 Å². The van der Waals surface area contributed by atoms with Gasteiger partial charge in [-0.25, -0.2) is 4.39 Å². The lowest BCUT2D eigenvalue weighted by Crippen LogP contribution is -1.98. The lowest BCUT2D eigenvalue weighted by atomic mass is 10.0. The normalized spacial score (nSPS) is 11.0. The van der Waals surface area contributed by atoms with E-state index in [2.05, 4.69) is 28.7 Å². The van der Waals surface area contributed by atoms with Crippen molar-refractivity contribution in [1.29, 1.82) is 5.26 Å². The summed E-state index contributed by atoms with van der Waals surface area (Å²) in [5.74, 6) is 0.800. The second-order valence-electron chi connectivity index (χ2n) is 6.01. The molecule has 0 aromatic heterocycles. The summed E-state index contributed by atoms with van der Waals surface area (Å²) in [5.41, 5.74) is 2.72. The van der Waals surface area contributed by atoms with Crippen LogP contribution in [0.15, 0.2) is 66.7 Å². The fraction of sp³-hybridized carbons (Fsp3) is 0.0870. The first-order valence-corrected chi connectivity index (χ1v) is 9.60. The molecule has 0 saturated heterocycles. The van der Waals surface area contributed by atoms with Gasteiger partial charge < -0.3 is 9.47 Å². The summed E-state index contributed by atoms with van der Waals surface area (Å²) in [6.45, 7) is 0.426. The number of nitrogens with zero attached hydrogens (tertiary/aromatic N) is 1. The topological polar surface area (TPSA) is 42.2 Å². The molecule has 0 amide bonds. The van der Waals surface area contributed by atoms with E-state index >= 15 is 0 Å². The third kappa shape index (κ3) is 5.11. The molecule has 0 radical (unpaired) electrons. The molecule has 3 rings (SSSR count). The number of nitriles is 1. The van der Waals surface area contributed by atoms with Crippen molar-refractivity contribution in [2.75, 3.05) is 7.11 Å². The Kier molecular flexibility index (Phi) is 6.66. The minimum atomic E-state index is -0.379. The van der Waals surface area contributed by atoms with Gasteiger partial charge in [-0.15, -0.1) is 0 Å². The van der Waals surface area contributed by atoms with E-state index in [0.29, 0.717) is 29.2 Å². The van der Waals surface area contributed by atoms with Crippen LogP contribution in [0.2, 0.25) is 0 Å². The van der Waals surface area contributed by atoms with Gasteiger partial charge >= 0.3 is 0 Å². The van der Waals surface area contributed by atoms with Gasteiger partial charge in [0.2, 0.25) is 0 Å². The maximum absolute atomic E-state index is 13.4. The molecule has 0 saturated carbocycles. The first-order chi connectivity index (χ1) is 13.6. The fourth-order valence-electron chi connectivity index (χ4n) is 2.64. The number of methoxy groups -OCH3 is 1. The number of rotatable bonds is 6. The molecule has 0 bridgehead atoms. The second kappa shape index (κ2) is 9.38. The summed E-state index contributed by atoms with van der Waals surface area (Å²) in [7, 11) is 1.57. The number of hydrogen-bond acceptors (Lipinski definition) is 3. The van der Waals surface area contributed by atoms with Crippen molar-refractivity contribution in [2.24, 2.45) is 0 Å². The van der Waals surface area contributed by atoms with Crippen molar-refractivity contribution in [3.05, 3.63) is 92.8 Å². The summed E-state index contributed by atoms with van der Waals surface area (Å²) in [6, 6.07) is 21.6. The number of allylic oxidation sites excluding steroid dienone is 1. The summed E-state index contributed by atoms with van der Waals surface area (Å²) >= 11 is 2.26. The molecule has 0 unspecified atom stereocenters. The van der Waals surface area contributed by atoms with Crippen LogP contribution in [0.3, 0.4) is 0 Å². The molecule has 3 aromatic carbocycles. The SMILES string of the molecule is COc1cc(/C=C(/C#N)c2cccc(F)c2)ccc1OCc1ccc(I)cc1. The van der Waals surface area contributed by atoms with Gasteiger partial charge in [0.1, 0.15) is 12.4 Å². The predicted octanol–water partition coefficient (Wildman–Crippen LogP) is 6.08. The maximum atomic E-state index is 13.4. The quantitative estimate of drug-likeness (QED) is 0.242. The van der Waals surface area contributed by atoms with Gasteiger partial charge in [0.15, 0.2) is 11.5 Å². The Hall–Kier alpha value is -2.85. The lowest BCUT2D eigenvalue weighted by molar-refractivity contribution is 0.284. The molecule has 0 N–H and O–H groups in total. The van der Waals surface area contributed by atoms with E-state index in [4.69, 9.17) is 9.47 Å². The van der Waals surface area contributed by atoms with Crippen LogP contribution in [-0.2, 0) is 6.61 Å². The van der Waals surface area contributed by atoms with Crippen LogP contribution in [0, 0.1) is 20.7 Å². The predicted molar refractivity (Wildman–Crippen MR) is 116 cm³/mol. The Morgan fingerprint density at radius 3 is 2.54 bits per heavy atom. The standard InChI is InChI=1S/C23H17FINO2/c1-27-23-12-17(11-19(14-26)18-3-2-4-20(24)13-18)7-10-22(23)28-15-16-5-8-21(25)9-6-16/h2-13H,15H2,1H3/b19-11-. The zero-order valence-electron chi connectivity index (χ0n) is 15.2. The molecule has 140 valence electrons. The number of benzene rings is 3. The zero-order chi connectivity index (χ0) is 19.9. The molecule has 0 aliphatic rings. The van der Waals surface area contributed by atoms with Gasteiger partial charge in [-0.1, -0.05) is 30.3 Å². The molecule has 0 fully saturated rings. The van der Waals surface area contributed by atoms with Gasteiger partial charge in [-0.05, 0) is 81.8 Å². The molecule has 5 heteroatoms. The van der Waals surface area contributed by atoms with Crippen LogP contribution in [0.25, 0.3) is 11.6 Å². The number of hydrogen-bond donors (Lipinski definition) is 0. The number of ether oxygens (including phenoxy) is 2. The third-order valence-electron chi connectivity index (χ3n) is 4.06. The van der Waals surface area contributed by atoms with Crippen LogP contribution >= 0.6 is 22.6 Å². The monoisotopic (exact) mass is 485 g/mol. The van der Waals surface area contributed by atoms with E-state index < -0.39 is 0 Å². The number of halogens is 2. The summed E-state index contributed by atoms with van der Waals surface area (Å²) in [5, 5.41) is 9.45. The van der Waals surface area contributed by atoms with Crippen LogP contribution in [0.1, 0.15) is 16.7 Å². The first kappa shape index (κ1) is 19.9. The van der Waals surface area contributed by atoms with E-state index in [1.807, 2.05) is 30.3 Å². The van der Waals surface area contributed by atoms with Gasteiger partial charge in [0, 0.05) is 3.57 Å². The lowest BCUT2D eigenvalue weighted by Gasteiger charge is -2.12. The van der Waals surface area contributed by atoms with Gasteiger partial charge in [-0.2, -0.15) is 5.26 Å². The molecule has 0 atom stereocenters. The Bertz CT molecular complexity index is 1040. The highest BCUT2D eigenvalue weighted by Crippen LogP contribution is 2.30. The molecule has 0 aliphatic carbocycles. The molecule has 3 aromatic rings. The molecule has 3 nitrogen and oxygen atoms in total. The van der Waals surface area contributed by atoms with E-state index in [1.54, 1.807) is 37.5 Å². The minimum absolute atomic E-state index is 0.370. The highest BCUT2D eigenvalue weighted by Gasteiger charge is 2.08. The second-order valence-corrected chi connectivity index (χ2v) is 7.25. The van der Waals surface area contributed by atoms with Gasteiger partial charge in [0.05, 0.1) is 18.8 Å². The smallest absolute Gasteiger partial charge is 0.161 e. The summed E-state index contributed by atoms with van der Waals surface area (Å²) in [6.07, 6.45) is 1.69. The fourth-order valence-corrected chi connectivity index (χ4v) is 3.00. The Labute approximate surface area is 177 Å².